The predicted molar refractivity (Wildman–Crippen MR) is 106 cm³/mol. The van der Waals surface area contributed by atoms with E-state index >= 15 is 0 Å². The number of carbonyl (C=O) groups is 1. The molecule has 6 heteroatoms. The van der Waals surface area contributed by atoms with Crippen molar-refractivity contribution in [1.82, 2.24) is 19.4 Å². The zero-order valence-corrected chi connectivity index (χ0v) is 16.6. The van der Waals surface area contributed by atoms with Crippen LogP contribution in [0.2, 0.25) is 0 Å². The first-order valence-corrected chi connectivity index (χ1v) is 9.76. The van der Waals surface area contributed by atoms with Crippen molar-refractivity contribution in [1.29, 1.82) is 0 Å². The standard InChI is InChI=1S/C21H30N4O2/c1-4-27-19-9-5-7-17(15-19)21(26)25-11-6-8-18(16-25)20-22-10-12-24(20)14-13-23(2)3/h5,7,9-10,12,15,18H,4,6,8,11,13-14,16H2,1-3H3. The highest BCUT2D eigenvalue weighted by atomic mass is 16.5. The van der Waals surface area contributed by atoms with Gasteiger partial charge < -0.3 is 19.1 Å². The van der Waals surface area contributed by atoms with Gasteiger partial charge in [-0.05, 0) is 52.1 Å². The van der Waals surface area contributed by atoms with Gasteiger partial charge in [-0.1, -0.05) is 6.07 Å². The summed E-state index contributed by atoms with van der Waals surface area (Å²) in [5.41, 5.74) is 0.692. The van der Waals surface area contributed by atoms with Crippen molar-refractivity contribution in [3.8, 4) is 5.75 Å². The van der Waals surface area contributed by atoms with Crippen LogP contribution in [0.5, 0.6) is 5.75 Å². The zero-order valence-electron chi connectivity index (χ0n) is 16.6. The fourth-order valence-electron chi connectivity index (χ4n) is 3.62. The molecule has 1 saturated heterocycles. The summed E-state index contributed by atoms with van der Waals surface area (Å²) >= 11 is 0. The van der Waals surface area contributed by atoms with Crippen molar-refractivity contribution < 1.29 is 9.53 Å². The maximum absolute atomic E-state index is 13.0. The van der Waals surface area contributed by atoms with E-state index in [2.05, 4.69) is 28.5 Å². The van der Waals surface area contributed by atoms with Gasteiger partial charge in [-0.25, -0.2) is 4.98 Å². The number of piperidine rings is 1. The van der Waals surface area contributed by atoms with Gasteiger partial charge in [0.1, 0.15) is 11.6 Å². The summed E-state index contributed by atoms with van der Waals surface area (Å²) in [6, 6.07) is 7.48. The van der Waals surface area contributed by atoms with Crippen molar-refractivity contribution >= 4 is 5.91 Å². The van der Waals surface area contributed by atoms with Crippen LogP contribution in [0.1, 0.15) is 41.9 Å². The highest BCUT2D eigenvalue weighted by Crippen LogP contribution is 2.27. The van der Waals surface area contributed by atoms with Crippen LogP contribution in [0.25, 0.3) is 0 Å². The number of rotatable bonds is 7. The molecule has 0 bridgehead atoms. The van der Waals surface area contributed by atoms with E-state index in [9.17, 15) is 4.79 Å². The van der Waals surface area contributed by atoms with Crippen LogP contribution in [-0.4, -0.2) is 65.6 Å². The maximum Gasteiger partial charge on any atom is 0.254 e. The van der Waals surface area contributed by atoms with Crippen LogP contribution in [0.15, 0.2) is 36.7 Å². The lowest BCUT2D eigenvalue weighted by molar-refractivity contribution is 0.0702. The summed E-state index contributed by atoms with van der Waals surface area (Å²) in [6.07, 6.45) is 5.99. The zero-order chi connectivity index (χ0) is 19.2. The minimum absolute atomic E-state index is 0.0765. The highest BCUT2D eigenvalue weighted by molar-refractivity contribution is 5.94. The van der Waals surface area contributed by atoms with Crippen LogP contribution in [0.3, 0.4) is 0 Å². The van der Waals surface area contributed by atoms with E-state index in [1.807, 2.05) is 48.5 Å². The topological polar surface area (TPSA) is 50.6 Å². The van der Waals surface area contributed by atoms with Crippen LogP contribution < -0.4 is 4.74 Å². The third-order valence-electron chi connectivity index (χ3n) is 5.00. The van der Waals surface area contributed by atoms with Crippen molar-refractivity contribution in [2.24, 2.45) is 0 Å². The lowest BCUT2D eigenvalue weighted by Gasteiger charge is -2.33. The Labute approximate surface area is 161 Å². The number of ether oxygens (including phenoxy) is 1. The van der Waals surface area contributed by atoms with Crippen molar-refractivity contribution in [2.45, 2.75) is 32.2 Å². The smallest absolute Gasteiger partial charge is 0.254 e. The molecule has 1 fully saturated rings. The molecule has 3 rings (SSSR count). The molecule has 0 N–H and O–H groups in total. The van der Waals surface area contributed by atoms with Crippen molar-refractivity contribution in [2.75, 3.05) is 40.3 Å². The Morgan fingerprint density at radius 1 is 1.37 bits per heavy atom. The van der Waals surface area contributed by atoms with Crippen LogP contribution in [-0.2, 0) is 6.54 Å². The molecule has 1 atom stereocenters. The molecular formula is C21H30N4O2. The number of imidazole rings is 1. The fourth-order valence-corrected chi connectivity index (χ4v) is 3.62. The Morgan fingerprint density at radius 3 is 3.00 bits per heavy atom. The average molecular weight is 370 g/mol. The monoisotopic (exact) mass is 370 g/mol. The second-order valence-electron chi connectivity index (χ2n) is 7.33. The van der Waals surface area contributed by atoms with Crippen LogP contribution >= 0.6 is 0 Å². The Balaban J connectivity index is 1.70. The van der Waals surface area contributed by atoms with Crippen LogP contribution in [0, 0.1) is 0 Å². The fraction of sp³-hybridized carbons (Fsp3) is 0.524. The van der Waals surface area contributed by atoms with Gasteiger partial charge in [-0.3, -0.25) is 4.79 Å². The van der Waals surface area contributed by atoms with Gasteiger partial charge in [0.05, 0.1) is 6.61 Å². The van der Waals surface area contributed by atoms with E-state index in [0.717, 1.165) is 50.6 Å². The van der Waals surface area contributed by atoms with E-state index in [1.165, 1.54) is 0 Å². The third kappa shape index (κ3) is 4.89. The number of likely N-dealkylation sites (tertiary alicyclic amines) is 1. The van der Waals surface area contributed by atoms with E-state index in [1.54, 1.807) is 0 Å². The summed E-state index contributed by atoms with van der Waals surface area (Å²) in [6.45, 7) is 5.95. The first kappa shape index (κ1) is 19.4. The van der Waals surface area contributed by atoms with Gasteiger partial charge in [0.2, 0.25) is 0 Å². The minimum Gasteiger partial charge on any atom is -0.494 e. The molecule has 1 amide bonds. The van der Waals surface area contributed by atoms with Gasteiger partial charge in [0.25, 0.3) is 5.91 Å². The lowest BCUT2D eigenvalue weighted by atomic mass is 9.96. The third-order valence-corrected chi connectivity index (χ3v) is 5.00. The molecule has 146 valence electrons. The molecule has 0 saturated carbocycles. The maximum atomic E-state index is 13.0. The van der Waals surface area contributed by atoms with Crippen LogP contribution in [0.4, 0.5) is 0 Å². The quantitative estimate of drug-likeness (QED) is 0.752. The number of aromatic nitrogens is 2. The van der Waals surface area contributed by atoms with E-state index in [0.29, 0.717) is 12.2 Å². The molecule has 2 aromatic rings. The second kappa shape index (κ2) is 9.04. The molecular weight excluding hydrogens is 340 g/mol. The normalized spacial score (nSPS) is 17.3. The molecule has 1 aromatic carbocycles. The SMILES string of the molecule is CCOc1cccc(C(=O)N2CCCC(c3nccn3CCN(C)C)C2)c1. The Bertz CT molecular complexity index is 756. The summed E-state index contributed by atoms with van der Waals surface area (Å²) in [5, 5.41) is 0. The number of hydrogen-bond donors (Lipinski definition) is 0. The molecule has 1 unspecified atom stereocenters. The predicted octanol–water partition coefficient (Wildman–Crippen LogP) is 2.86. The first-order chi connectivity index (χ1) is 13.1. The van der Waals surface area contributed by atoms with E-state index < -0.39 is 0 Å². The Kier molecular flexibility index (Phi) is 6.50. The first-order valence-electron chi connectivity index (χ1n) is 9.76. The molecule has 0 spiro atoms. The second-order valence-corrected chi connectivity index (χ2v) is 7.33. The number of nitrogens with zero attached hydrogens (tertiary/aromatic N) is 4. The molecule has 1 aliphatic heterocycles. The summed E-state index contributed by atoms with van der Waals surface area (Å²) < 4.78 is 7.77. The lowest BCUT2D eigenvalue weighted by Crippen LogP contribution is -2.40. The van der Waals surface area contributed by atoms with Crippen molar-refractivity contribution in [3.63, 3.8) is 0 Å². The molecule has 1 aliphatic rings. The van der Waals surface area contributed by atoms with Crippen molar-refractivity contribution in [3.05, 3.63) is 48.0 Å². The molecule has 2 heterocycles. The average Bonchev–Trinajstić information content (AvgIpc) is 3.15. The van der Waals surface area contributed by atoms with Gasteiger partial charge in [-0.2, -0.15) is 0 Å². The number of likely N-dealkylation sites (N-methyl/N-ethyl adjacent to an activating group) is 1. The molecule has 27 heavy (non-hydrogen) atoms. The van der Waals surface area contributed by atoms with Gasteiger partial charge in [0, 0.05) is 50.1 Å². The van der Waals surface area contributed by atoms with Gasteiger partial charge in [0.15, 0.2) is 0 Å². The number of benzene rings is 1. The number of hydrogen-bond acceptors (Lipinski definition) is 4. The van der Waals surface area contributed by atoms with E-state index in [-0.39, 0.29) is 11.8 Å². The largest absolute Gasteiger partial charge is 0.494 e. The minimum atomic E-state index is 0.0765. The Morgan fingerprint density at radius 2 is 2.22 bits per heavy atom. The van der Waals surface area contributed by atoms with Gasteiger partial charge >= 0.3 is 0 Å². The molecule has 0 aliphatic carbocycles. The summed E-state index contributed by atoms with van der Waals surface area (Å²) in [7, 11) is 4.15. The molecule has 0 radical (unpaired) electrons. The molecule has 1 aromatic heterocycles. The Hall–Kier alpha value is -2.34. The number of carbonyl (C=O) groups excluding carboxylic acids is 1. The van der Waals surface area contributed by atoms with E-state index in [4.69, 9.17) is 4.74 Å². The highest BCUT2D eigenvalue weighted by Gasteiger charge is 2.28. The summed E-state index contributed by atoms with van der Waals surface area (Å²) in [5.74, 6) is 2.20. The summed E-state index contributed by atoms with van der Waals surface area (Å²) in [4.78, 5) is 21.8. The number of amides is 1. The molecule has 6 nitrogen and oxygen atoms in total. The van der Waals surface area contributed by atoms with Gasteiger partial charge in [-0.15, -0.1) is 0 Å².